The van der Waals surface area contributed by atoms with Crippen LogP contribution in [0.5, 0.6) is 11.5 Å². The van der Waals surface area contributed by atoms with E-state index < -0.39 is 17.8 Å². The minimum absolute atomic E-state index is 0.0950. The summed E-state index contributed by atoms with van der Waals surface area (Å²) in [5, 5.41) is 6.09. The fourth-order valence-electron chi connectivity index (χ4n) is 1.88. The molecule has 0 saturated heterocycles. The third kappa shape index (κ3) is 5.48. The van der Waals surface area contributed by atoms with Crippen molar-refractivity contribution in [1.82, 2.24) is 10.7 Å². The van der Waals surface area contributed by atoms with Crippen molar-refractivity contribution in [3.8, 4) is 11.5 Å². The lowest BCUT2D eigenvalue weighted by molar-refractivity contribution is -0.139. The predicted molar refractivity (Wildman–Crippen MR) is 90.6 cm³/mol. The van der Waals surface area contributed by atoms with Crippen molar-refractivity contribution in [3.63, 3.8) is 0 Å². The Morgan fingerprint density at radius 2 is 2.00 bits per heavy atom. The number of esters is 1. The van der Waals surface area contributed by atoms with Gasteiger partial charge in [-0.15, -0.1) is 0 Å². The highest BCUT2D eigenvalue weighted by Gasteiger charge is 2.12. The highest BCUT2D eigenvalue weighted by atomic mass is 16.6. The average Bonchev–Trinajstić information content (AvgIpc) is 3.13. The summed E-state index contributed by atoms with van der Waals surface area (Å²) in [5.41, 5.74) is 2.67. The maximum absolute atomic E-state index is 11.6. The number of benzene rings is 1. The van der Waals surface area contributed by atoms with Crippen LogP contribution in [-0.4, -0.2) is 31.1 Å². The molecule has 0 atom stereocenters. The van der Waals surface area contributed by atoms with Crippen LogP contribution in [0.4, 0.5) is 0 Å². The van der Waals surface area contributed by atoms with Crippen molar-refractivity contribution in [2.45, 2.75) is 13.5 Å². The molecule has 0 unspecified atom stereocenters. The first kappa shape index (κ1) is 18.7. The molecule has 26 heavy (non-hydrogen) atoms. The van der Waals surface area contributed by atoms with E-state index in [1.165, 1.54) is 32.6 Å². The Morgan fingerprint density at radius 1 is 1.19 bits per heavy atom. The van der Waals surface area contributed by atoms with Gasteiger partial charge >= 0.3 is 17.8 Å². The maximum Gasteiger partial charge on any atom is 0.329 e. The number of hydrogen-bond acceptors (Lipinski definition) is 7. The van der Waals surface area contributed by atoms with Crippen LogP contribution in [0, 0.1) is 0 Å². The van der Waals surface area contributed by atoms with Gasteiger partial charge in [0, 0.05) is 6.92 Å². The molecule has 0 aliphatic carbocycles. The van der Waals surface area contributed by atoms with Crippen LogP contribution in [0.3, 0.4) is 0 Å². The minimum Gasteiger partial charge on any atom is -0.493 e. The zero-order valence-corrected chi connectivity index (χ0v) is 14.1. The number of carbonyl (C=O) groups is 3. The summed E-state index contributed by atoms with van der Waals surface area (Å²) >= 11 is 0. The van der Waals surface area contributed by atoms with E-state index in [1.807, 2.05) is 0 Å². The molecule has 0 aliphatic heterocycles. The smallest absolute Gasteiger partial charge is 0.329 e. The van der Waals surface area contributed by atoms with Crippen LogP contribution in [-0.2, 0) is 20.9 Å². The average molecular weight is 359 g/mol. The largest absolute Gasteiger partial charge is 0.493 e. The summed E-state index contributed by atoms with van der Waals surface area (Å²) in [5.74, 6) is -1.13. The number of nitrogens with zero attached hydrogens (tertiary/aromatic N) is 1. The summed E-state index contributed by atoms with van der Waals surface area (Å²) in [6.45, 7) is 1.37. The van der Waals surface area contributed by atoms with E-state index in [4.69, 9.17) is 13.9 Å². The number of furan rings is 1. The molecule has 2 N–H and O–H groups in total. The van der Waals surface area contributed by atoms with E-state index in [0.717, 1.165) is 0 Å². The van der Waals surface area contributed by atoms with Crippen molar-refractivity contribution in [2.24, 2.45) is 5.10 Å². The molecule has 2 amide bonds. The second-order valence-electron chi connectivity index (χ2n) is 4.97. The van der Waals surface area contributed by atoms with Gasteiger partial charge in [0.25, 0.3) is 0 Å². The van der Waals surface area contributed by atoms with E-state index in [0.29, 0.717) is 17.1 Å². The van der Waals surface area contributed by atoms with Crippen molar-refractivity contribution >= 4 is 24.0 Å². The summed E-state index contributed by atoms with van der Waals surface area (Å²) in [7, 11) is 1.42. The molecule has 9 nitrogen and oxygen atoms in total. The van der Waals surface area contributed by atoms with Gasteiger partial charge in [-0.25, -0.2) is 5.43 Å². The minimum atomic E-state index is -0.920. The van der Waals surface area contributed by atoms with Crippen LogP contribution < -0.4 is 20.2 Å². The second-order valence-corrected chi connectivity index (χ2v) is 4.97. The Labute approximate surface area is 149 Å². The van der Waals surface area contributed by atoms with Gasteiger partial charge in [0.05, 0.1) is 26.1 Å². The molecule has 0 fully saturated rings. The zero-order valence-electron chi connectivity index (χ0n) is 14.1. The number of amides is 2. The number of rotatable bonds is 6. The summed E-state index contributed by atoms with van der Waals surface area (Å²) in [6.07, 6.45) is 2.78. The monoisotopic (exact) mass is 359 g/mol. The van der Waals surface area contributed by atoms with Gasteiger partial charge in [-0.1, -0.05) is 0 Å². The summed E-state index contributed by atoms with van der Waals surface area (Å²) in [4.78, 5) is 34.3. The van der Waals surface area contributed by atoms with Crippen molar-refractivity contribution < 1.29 is 28.3 Å². The van der Waals surface area contributed by atoms with E-state index in [2.05, 4.69) is 15.8 Å². The molecule has 1 heterocycles. The molecule has 2 aromatic rings. The van der Waals surface area contributed by atoms with Crippen molar-refractivity contribution in [2.75, 3.05) is 7.11 Å². The normalized spacial score (nSPS) is 10.4. The standard InChI is InChI=1S/C17H17N3O6/c1-11(21)26-14-6-5-12(8-15(14)24-2)9-19-20-17(23)16(22)18-10-13-4-3-7-25-13/h3-9H,10H2,1-2H3,(H,18,22)(H,20,23)/b19-9-. The molecule has 9 heteroatoms. The van der Waals surface area contributed by atoms with Crippen molar-refractivity contribution in [1.29, 1.82) is 0 Å². The number of carbonyl (C=O) groups excluding carboxylic acids is 3. The van der Waals surface area contributed by atoms with E-state index >= 15 is 0 Å². The molecule has 2 rings (SSSR count). The van der Waals surface area contributed by atoms with Crippen LogP contribution in [0.25, 0.3) is 0 Å². The number of methoxy groups -OCH3 is 1. The Bertz CT molecular complexity index is 814. The van der Waals surface area contributed by atoms with Crippen LogP contribution >= 0.6 is 0 Å². The van der Waals surface area contributed by atoms with Gasteiger partial charge in [-0.2, -0.15) is 5.10 Å². The molecule has 0 aliphatic rings. The number of ether oxygens (including phenoxy) is 2. The maximum atomic E-state index is 11.6. The van der Waals surface area contributed by atoms with Gasteiger partial charge in [0.1, 0.15) is 5.76 Å². The Balaban J connectivity index is 1.89. The van der Waals surface area contributed by atoms with Gasteiger partial charge in [-0.3, -0.25) is 14.4 Å². The lowest BCUT2D eigenvalue weighted by Gasteiger charge is -2.08. The lowest BCUT2D eigenvalue weighted by Crippen LogP contribution is -2.37. The Hall–Kier alpha value is -3.62. The number of hydrazone groups is 1. The topological polar surface area (TPSA) is 119 Å². The quantitative estimate of drug-likeness (QED) is 0.261. The molecule has 0 saturated carbocycles. The van der Waals surface area contributed by atoms with Crippen LogP contribution in [0.2, 0.25) is 0 Å². The highest BCUT2D eigenvalue weighted by Crippen LogP contribution is 2.27. The molecule has 1 aromatic carbocycles. The fourth-order valence-corrected chi connectivity index (χ4v) is 1.88. The molecule has 0 radical (unpaired) electrons. The molecular weight excluding hydrogens is 342 g/mol. The SMILES string of the molecule is COc1cc(/C=N\NC(=O)C(=O)NCc2ccco2)ccc1OC(C)=O. The van der Waals surface area contributed by atoms with Gasteiger partial charge < -0.3 is 19.2 Å². The van der Waals surface area contributed by atoms with E-state index in [1.54, 1.807) is 24.3 Å². The second kappa shape index (κ2) is 9.02. The third-order valence-corrected chi connectivity index (χ3v) is 3.03. The Morgan fingerprint density at radius 3 is 2.65 bits per heavy atom. The highest BCUT2D eigenvalue weighted by molar-refractivity contribution is 6.35. The number of nitrogens with one attached hydrogen (secondary N) is 2. The van der Waals surface area contributed by atoms with Gasteiger partial charge in [-0.05, 0) is 35.9 Å². The molecule has 0 spiro atoms. The van der Waals surface area contributed by atoms with Crippen LogP contribution in [0.1, 0.15) is 18.2 Å². The van der Waals surface area contributed by atoms with E-state index in [9.17, 15) is 14.4 Å². The zero-order chi connectivity index (χ0) is 18.9. The molecule has 0 bridgehead atoms. The first-order valence-electron chi connectivity index (χ1n) is 7.49. The summed E-state index contributed by atoms with van der Waals surface area (Å²) in [6, 6.07) is 8.04. The first-order chi connectivity index (χ1) is 12.5. The van der Waals surface area contributed by atoms with E-state index in [-0.39, 0.29) is 12.3 Å². The summed E-state index contributed by atoms with van der Waals surface area (Å²) < 4.78 is 15.1. The Kier molecular flexibility index (Phi) is 6.49. The van der Waals surface area contributed by atoms with Crippen LogP contribution in [0.15, 0.2) is 46.1 Å². The molecular formula is C17H17N3O6. The number of hydrogen-bond donors (Lipinski definition) is 2. The van der Waals surface area contributed by atoms with Gasteiger partial charge in [0.2, 0.25) is 0 Å². The lowest BCUT2D eigenvalue weighted by atomic mass is 10.2. The molecule has 1 aromatic heterocycles. The first-order valence-corrected chi connectivity index (χ1v) is 7.49. The predicted octanol–water partition coefficient (Wildman–Crippen LogP) is 0.980. The van der Waals surface area contributed by atoms with Gasteiger partial charge in [0.15, 0.2) is 11.5 Å². The fraction of sp³-hybridized carbons (Fsp3) is 0.176. The molecule has 136 valence electrons. The third-order valence-electron chi connectivity index (χ3n) is 3.03. The van der Waals surface area contributed by atoms with Crippen molar-refractivity contribution in [3.05, 3.63) is 47.9 Å².